The second kappa shape index (κ2) is 8.88. The molecule has 0 unspecified atom stereocenters. The van der Waals surface area contributed by atoms with Crippen LogP contribution in [0.25, 0.3) is 0 Å². The number of carbonyl (C=O) groups excluding carboxylic acids is 1. The SMILES string of the molecule is CC(C)CNC(=O)c1cc(NCCCc2ccccc2)ncn1. The van der Waals surface area contributed by atoms with Gasteiger partial charge >= 0.3 is 0 Å². The van der Waals surface area contributed by atoms with E-state index >= 15 is 0 Å². The Kier molecular flexibility index (Phi) is 6.54. The molecule has 2 N–H and O–H groups in total. The molecule has 0 atom stereocenters. The molecule has 5 heteroatoms. The highest BCUT2D eigenvalue weighted by atomic mass is 16.1. The van der Waals surface area contributed by atoms with Gasteiger partial charge in [-0.25, -0.2) is 9.97 Å². The zero-order valence-electron chi connectivity index (χ0n) is 13.7. The molecule has 1 aromatic heterocycles. The lowest BCUT2D eigenvalue weighted by Crippen LogP contribution is -2.28. The second-order valence-corrected chi connectivity index (χ2v) is 5.91. The van der Waals surface area contributed by atoms with Crippen molar-refractivity contribution in [2.75, 3.05) is 18.4 Å². The number of aryl methyl sites for hydroxylation is 1. The summed E-state index contributed by atoms with van der Waals surface area (Å²) in [5.41, 5.74) is 1.72. The van der Waals surface area contributed by atoms with Crippen LogP contribution in [0.5, 0.6) is 0 Å². The predicted molar refractivity (Wildman–Crippen MR) is 92.5 cm³/mol. The molecule has 1 aromatic carbocycles. The number of carbonyl (C=O) groups is 1. The molecule has 0 aliphatic carbocycles. The van der Waals surface area contributed by atoms with Crippen LogP contribution >= 0.6 is 0 Å². The Morgan fingerprint density at radius 1 is 1.17 bits per heavy atom. The number of nitrogens with one attached hydrogen (secondary N) is 2. The molecule has 0 radical (unpaired) electrons. The highest BCUT2D eigenvalue weighted by molar-refractivity contribution is 5.92. The zero-order valence-corrected chi connectivity index (χ0v) is 13.7. The maximum absolute atomic E-state index is 12.0. The number of rotatable bonds is 8. The van der Waals surface area contributed by atoms with Crippen LogP contribution in [0.2, 0.25) is 0 Å². The fraction of sp³-hybridized carbons (Fsp3) is 0.389. The molecule has 0 aliphatic rings. The fourth-order valence-corrected chi connectivity index (χ4v) is 2.12. The zero-order chi connectivity index (χ0) is 16.5. The van der Waals surface area contributed by atoms with E-state index in [2.05, 4.69) is 58.7 Å². The van der Waals surface area contributed by atoms with Crippen molar-refractivity contribution in [2.45, 2.75) is 26.7 Å². The summed E-state index contributed by atoms with van der Waals surface area (Å²) in [6, 6.07) is 12.1. The van der Waals surface area contributed by atoms with Gasteiger partial charge in [0.1, 0.15) is 17.8 Å². The van der Waals surface area contributed by atoms with Gasteiger partial charge in [0, 0.05) is 19.2 Å². The summed E-state index contributed by atoms with van der Waals surface area (Å²) >= 11 is 0. The quantitative estimate of drug-likeness (QED) is 0.736. The number of nitrogens with zero attached hydrogens (tertiary/aromatic N) is 2. The summed E-state index contributed by atoms with van der Waals surface area (Å²) in [5.74, 6) is 0.938. The third-order valence-electron chi connectivity index (χ3n) is 3.36. The first-order valence-corrected chi connectivity index (χ1v) is 8.03. The number of aromatic nitrogens is 2. The summed E-state index contributed by atoms with van der Waals surface area (Å²) in [4.78, 5) is 20.2. The maximum Gasteiger partial charge on any atom is 0.270 e. The van der Waals surface area contributed by atoms with Crippen LogP contribution in [0.4, 0.5) is 5.82 Å². The highest BCUT2D eigenvalue weighted by Crippen LogP contribution is 2.06. The topological polar surface area (TPSA) is 66.9 Å². The number of benzene rings is 1. The molecule has 0 bridgehead atoms. The van der Waals surface area contributed by atoms with E-state index in [4.69, 9.17) is 0 Å². The van der Waals surface area contributed by atoms with Gasteiger partial charge in [0.2, 0.25) is 0 Å². The molecule has 1 heterocycles. The van der Waals surface area contributed by atoms with E-state index in [-0.39, 0.29) is 5.91 Å². The Balaban J connectivity index is 1.79. The van der Waals surface area contributed by atoms with Gasteiger partial charge in [-0.3, -0.25) is 4.79 Å². The second-order valence-electron chi connectivity index (χ2n) is 5.91. The fourth-order valence-electron chi connectivity index (χ4n) is 2.12. The molecule has 0 spiro atoms. The van der Waals surface area contributed by atoms with E-state index in [0.717, 1.165) is 19.4 Å². The lowest BCUT2D eigenvalue weighted by Gasteiger charge is -2.09. The van der Waals surface area contributed by atoms with Crippen LogP contribution in [0.1, 0.15) is 36.3 Å². The van der Waals surface area contributed by atoms with E-state index in [9.17, 15) is 4.79 Å². The molecule has 2 aromatic rings. The summed E-state index contributed by atoms with van der Waals surface area (Å²) in [6.07, 6.45) is 3.44. The minimum Gasteiger partial charge on any atom is -0.370 e. The maximum atomic E-state index is 12.0. The average molecular weight is 312 g/mol. The first kappa shape index (κ1) is 16.9. The smallest absolute Gasteiger partial charge is 0.270 e. The van der Waals surface area contributed by atoms with Gasteiger partial charge < -0.3 is 10.6 Å². The molecule has 2 rings (SSSR count). The molecular weight excluding hydrogens is 288 g/mol. The van der Waals surface area contributed by atoms with Crippen LogP contribution in [0, 0.1) is 5.92 Å². The molecule has 0 aliphatic heterocycles. The monoisotopic (exact) mass is 312 g/mol. The Hall–Kier alpha value is -2.43. The lowest BCUT2D eigenvalue weighted by molar-refractivity contribution is 0.0944. The number of hydrogen-bond donors (Lipinski definition) is 2. The summed E-state index contributed by atoms with van der Waals surface area (Å²) in [5, 5.41) is 6.10. The van der Waals surface area contributed by atoms with Crippen molar-refractivity contribution in [1.29, 1.82) is 0 Å². The number of amides is 1. The Morgan fingerprint density at radius 3 is 2.70 bits per heavy atom. The van der Waals surface area contributed by atoms with Crippen molar-refractivity contribution >= 4 is 11.7 Å². The van der Waals surface area contributed by atoms with Crippen molar-refractivity contribution in [3.8, 4) is 0 Å². The number of hydrogen-bond acceptors (Lipinski definition) is 4. The van der Waals surface area contributed by atoms with E-state index in [1.807, 2.05) is 6.07 Å². The van der Waals surface area contributed by atoms with Crippen LogP contribution in [-0.2, 0) is 6.42 Å². The third-order valence-corrected chi connectivity index (χ3v) is 3.36. The highest BCUT2D eigenvalue weighted by Gasteiger charge is 2.08. The van der Waals surface area contributed by atoms with Crippen LogP contribution in [0.15, 0.2) is 42.7 Å². The van der Waals surface area contributed by atoms with Gasteiger partial charge in [0.15, 0.2) is 0 Å². The van der Waals surface area contributed by atoms with Gasteiger partial charge in [0.25, 0.3) is 5.91 Å². The summed E-state index contributed by atoms with van der Waals surface area (Å²) in [6.45, 7) is 5.56. The van der Waals surface area contributed by atoms with Crippen molar-refractivity contribution in [3.63, 3.8) is 0 Å². The molecule has 0 saturated heterocycles. The van der Waals surface area contributed by atoms with Gasteiger partial charge in [-0.2, -0.15) is 0 Å². The van der Waals surface area contributed by atoms with Gasteiger partial charge in [-0.15, -0.1) is 0 Å². The molecule has 1 amide bonds. The van der Waals surface area contributed by atoms with Crippen LogP contribution < -0.4 is 10.6 Å². The number of anilines is 1. The molecule has 122 valence electrons. The van der Waals surface area contributed by atoms with E-state index in [1.54, 1.807) is 6.07 Å². The first-order chi connectivity index (χ1) is 11.1. The van der Waals surface area contributed by atoms with Crippen molar-refractivity contribution in [2.24, 2.45) is 5.92 Å². The minimum absolute atomic E-state index is 0.159. The lowest BCUT2D eigenvalue weighted by atomic mass is 10.1. The average Bonchev–Trinajstić information content (AvgIpc) is 2.58. The van der Waals surface area contributed by atoms with Crippen molar-refractivity contribution in [1.82, 2.24) is 15.3 Å². The largest absolute Gasteiger partial charge is 0.370 e. The Morgan fingerprint density at radius 2 is 1.96 bits per heavy atom. The van der Waals surface area contributed by atoms with E-state index in [1.165, 1.54) is 11.9 Å². The molecule has 0 saturated carbocycles. The summed E-state index contributed by atoms with van der Waals surface area (Å²) in [7, 11) is 0. The van der Waals surface area contributed by atoms with Crippen molar-refractivity contribution < 1.29 is 4.79 Å². The van der Waals surface area contributed by atoms with Gasteiger partial charge in [-0.1, -0.05) is 44.2 Å². The van der Waals surface area contributed by atoms with Gasteiger partial charge in [0.05, 0.1) is 0 Å². The Labute approximate surface area is 137 Å². The Bertz CT molecular complexity index is 613. The molecule has 5 nitrogen and oxygen atoms in total. The standard InChI is InChI=1S/C18H24N4O/c1-14(2)12-20-18(23)16-11-17(22-13-21-16)19-10-6-9-15-7-4-3-5-8-15/h3-5,7-8,11,13-14H,6,9-10,12H2,1-2H3,(H,20,23)(H,19,21,22). The van der Waals surface area contributed by atoms with Gasteiger partial charge in [-0.05, 0) is 24.3 Å². The first-order valence-electron chi connectivity index (χ1n) is 8.03. The predicted octanol–water partition coefficient (Wildman–Crippen LogP) is 2.91. The van der Waals surface area contributed by atoms with E-state index in [0.29, 0.717) is 24.0 Å². The molecule has 0 fully saturated rings. The van der Waals surface area contributed by atoms with Crippen molar-refractivity contribution in [3.05, 3.63) is 54.0 Å². The van der Waals surface area contributed by atoms with E-state index < -0.39 is 0 Å². The summed E-state index contributed by atoms with van der Waals surface area (Å²) < 4.78 is 0. The normalized spacial score (nSPS) is 10.6. The molecule has 23 heavy (non-hydrogen) atoms. The minimum atomic E-state index is -0.159. The van der Waals surface area contributed by atoms with Crippen LogP contribution in [-0.4, -0.2) is 29.0 Å². The molecular formula is C18H24N4O. The van der Waals surface area contributed by atoms with Crippen LogP contribution in [0.3, 0.4) is 0 Å². The third kappa shape index (κ3) is 6.06.